The zero-order chi connectivity index (χ0) is 12.1. The van der Waals surface area contributed by atoms with E-state index in [2.05, 4.69) is 10.1 Å². The molecule has 2 aromatic rings. The van der Waals surface area contributed by atoms with E-state index >= 15 is 0 Å². The van der Waals surface area contributed by atoms with Gasteiger partial charge in [-0.2, -0.15) is 5.10 Å². The van der Waals surface area contributed by atoms with E-state index in [1.165, 1.54) is 0 Å². The van der Waals surface area contributed by atoms with Crippen LogP contribution in [0, 0.1) is 0 Å². The second kappa shape index (κ2) is 5.59. The van der Waals surface area contributed by atoms with E-state index in [0.717, 1.165) is 24.1 Å². The first-order valence-corrected chi connectivity index (χ1v) is 5.79. The number of rotatable bonds is 5. The normalized spacial score (nSPS) is 12.6. The molecule has 0 saturated heterocycles. The Morgan fingerprint density at radius 2 is 2.29 bits per heavy atom. The summed E-state index contributed by atoms with van der Waals surface area (Å²) in [5.74, 6) is 0. The van der Waals surface area contributed by atoms with Crippen LogP contribution in [0.4, 0.5) is 0 Å². The molecule has 4 nitrogen and oxygen atoms in total. The third-order valence-corrected chi connectivity index (χ3v) is 2.69. The summed E-state index contributed by atoms with van der Waals surface area (Å²) in [6.45, 7) is 0. The van der Waals surface area contributed by atoms with E-state index < -0.39 is 0 Å². The minimum atomic E-state index is -0.332. The summed E-state index contributed by atoms with van der Waals surface area (Å²) in [6.07, 6.45) is 7.37. The lowest BCUT2D eigenvalue weighted by molar-refractivity contribution is 0.165. The first-order chi connectivity index (χ1) is 8.24. The van der Waals surface area contributed by atoms with Gasteiger partial charge in [0.1, 0.15) is 0 Å². The zero-order valence-electron chi connectivity index (χ0n) is 9.95. The average molecular weight is 231 g/mol. The SMILES string of the molecule is Cn1cc(CC(O)CCc2ccccn2)cn1. The summed E-state index contributed by atoms with van der Waals surface area (Å²) < 4.78 is 1.75. The van der Waals surface area contributed by atoms with Gasteiger partial charge in [-0.05, 0) is 30.5 Å². The number of aliphatic hydroxyl groups is 1. The Labute approximate surface area is 101 Å². The molecule has 0 fully saturated rings. The second-order valence-electron chi connectivity index (χ2n) is 4.24. The molecule has 2 heterocycles. The van der Waals surface area contributed by atoms with Crippen LogP contribution in [0.5, 0.6) is 0 Å². The molecule has 17 heavy (non-hydrogen) atoms. The summed E-state index contributed by atoms with van der Waals surface area (Å²) in [6, 6.07) is 5.85. The van der Waals surface area contributed by atoms with Gasteiger partial charge in [-0.3, -0.25) is 9.67 Å². The third kappa shape index (κ3) is 3.67. The lowest BCUT2D eigenvalue weighted by Gasteiger charge is -2.08. The van der Waals surface area contributed by atoms with Crippen LogP contribution in [-0.2, 0) is 19.9 Å². The predicted octanol–water partition coefficient (Wildman–Crippen LogP) is 1.35. The maximum Gasteiger partial charge on any atom is 0.0585 e. The van der Waals surface area contributed by atoms with E-state index in [0.29, 0.717) is 6.42 Å². The molecule has 1 atom stereocenters. The van der Waals surface area contributed by atoms with Gasteiger partial charge in [-0.1, -0.05) is 6.07 Å². The van der Waals surface area contributed by atoms with Gasteiger partial charge in [-0.15, -0.1) is 0 Å². The molecular formula is C13H17N3O. The van der Waals surface area contributed by atoms with Gasteiger partial charge in [0, 0.05) is 31.6 Å². The van der Waals surface area contributed by atoms with E-state index in [9.17, 15) is 5.11 Å². The Balaban J connectivity index is 1.80. The van der Waals surface area contributed by atoms with Crippen molar-refractivity contribution < 1.29 is 5.11 Å². The van der Waals surface area contributed by atoms with Gasteiger partial charge in [0.2, 0.25) is 0 Å². The largest absolute Gasteiger partial charge is 0.393 e. The molecule has 1 unspecified atom stereocenters. The maximum absolute atomic E-state index is 9.91. The molecule has 0 aliphatic heterocycles. The molecule has 0 radical (unpaired) electrons. The van der Waals surface area contributed by atoms with Gasteiger partial charge < -0.3 is 5.11 Å². The second-order valence-corrected chi connectivity index (χ2v) is 4.24. The van der Waals surface area contributed by atoms with Crippen molar-refractivity contribution in [1.29, 1.82) is 0 Å². The highest BCUT2D eigenvalue weighted by molar-refractivity contribution is 5.06. The topological polar surface area (TPSA) is 50.9 Å². The standard InChI is InChI=1S/C13H17N3O/c1-16-10-11(9-15-16)8-13(17)6-5-12-4-2-3-7-14-12/h2-4,7,9-10,13,17H,5-6,8H2,1H3. The summed E-state index contributed by atoms with van der Waals surface area (Å²) in [5.41, 5.74) is 2.10. The van der Waals surface area contributed by atoms with Crippen LogP contribution in [-0.4, -0.2) is 26.0 Å². The van der Waals surface area contributed by atoms with E-state index in [1.807, 2.05) is 31.4 Å². The first-order valence-electron chi connectivity index (χ1n) is 5.79. The highest BCUT2D eigenvalue weighted by Crippen LogP contribution is 2.07. The minimum absolute atomic E-state index is 0.332. The van der Waals surface area contributed by atoms with Crippen LogP contribution < -0.4 is 0 Å². The Hall–Kier alpha value is -1.68. The lowest BCUT2D eigenvalue weighted by Crippen LogP contribution is -2.11. The van der Waals surface area contributed by atoms with E-state index in [-0.39, 0.29) is 6.10 Å². The van der Waals surface area contributed by atoms with Gasteiger partial charge in [-0.25, -0.2) is 0 Å². The molecule has 0 aliphatic carbocycles. The molecule has 0 bridgehead atoms. The Bertz CT molecular complexity index is 453. The molecule has 0 spiro atoms. The predicted molar refractivity (Wildman–Crippen MR) is 65.5 cm³/mol. The average Bonchev–Trinajstić information content (AvgIpc) is 2.73. The molecule has 0 aliphatic rings. The Morgan fingerprint density at radius 3 is 2.94 bits per heavy atom. The van der Waals surface area contributed by atoms with E-state index in [4.69, 9.17) is 0 Å². The molecule has 0 saturated carbocycles. The summed E-state index contributed by atoms with van der Waals surface area (Å²) >= 11 is 0. The van der Waals surface area contributed by atoms with Crippen LogP contribution >= 0.6 is 0 Å². The fraction of sp³-hybridized carbons (Fsp3) is 0.385. The van der Waals surface area contributed by atoms with Gasteiger partial charge >= 0.3 is 0 Å². The summed E-state index contributed by atoms with van der Waals surface area (Å²) in [7, 11) is 1.88. The first kappa shape index (κ1) is 11.8. The molecule has 4 heteroatoms. The van der Waals surface area contributed by atoms with Crippen LogP contribution in [0.2, 0.25) is 0 Å². The van der Waals surface area contributed by atoms with Crippen LogP contribution in [0.25, 0.3) is 0 Å². The van der Waals surface area contributed by atoms with Crippen molar-refractivity contribution in [3.63, 3.8) is 0 Å². The van der Waals surface area contributed by atoms with Gasteiger partial charge in [0.25, 0.3) is 0 Å². The fourth-order valence-electron chi connectivity index (χ4n) is 1.81. The molecule has 90 valence electrons. The molecule has 2 rings (SSSR count). The molecular weight excluding hydrogens is 214 g/mol. The number of aliphatic hydroxyl groups excluding tert-OH is 1. The van der Waals surface area contributed by atoms with Crippen molar-refractivity contribution in [2.45, 2.75) is 25.4 Å². The molecule has 1 N–H and O–H groups in total. The summed E-state index contributed by atoms with van der Waals surface area (Å²) in [4.78, 5) is 4.23. The Kier molecular flexibility index (Phi) is 3.88. The minimum Gasteiger partial charge on any atom is -0.393 e. The van der Waals surface area contributed by atoms with Crippen molar-refractivity contribution in [3.05, 3.63) is 48.0 Å². The monoisotopic (exact) mass is 231 g/mol. The van der Waals surface area contributed by atoms with Crippen LogP contribution in [0.15, 0.2) is 36.8 Å². The smallest absolute Gasteiger partial charge is 0.0585 e. The zero-order valence-corrected chi connectivity index (χ0v) is 9.95. The molecule has 0 amide bonds. The Morgan fingerprint density at radius 1 is 1.41 bits per heavy atom. The highest BCUT2D eigenvalue weighted by atomic mass is 16.3. The quantitative estimate of drug-likeness (QED) is 0.845. The number of hydrogen-bond acceptors (Lipinski definition) is 3. The van der Waals surface area contributed by atoms with Crippen molar-refractivity contribution >= 4 is 0 Å². The van der Waals surface area contributed by atoms with Crippen molar-refractivity contribution in [3.8, 4) is 0 Å². The van der Waals surface area contributed by atoms with Crippen LogP contribution in [0.1, 0.15) is 17.7 Å². The van der Waals surface area contributed by atoms with Crippen molar-refractivity contribution in [2.75, 3.05) is 0 Å². The van der Waals surface area contributed by atoms with Crippen LogP contribution in [0.3, 0.4) is 0 Å². The molecule has 0 aromatic carbocycles. The number of nitrogens with zero attached hydrogens (tertiary/aromatic N) is 3. The fourth-order valence-corrected chi connectivity index (χ4v) is 1.81. The van der Waals surface area contributed by atoms with Gasteiger partial charge in [0.05, 0.1) is 12.3 Å². The third-order valence-electron chi connectivity index (χ3n) is 2.69. The van der Waals surface area contributed by atoms with Crippen molar-refractivity contribution in [2.24, 2.45) is 7.05 Å². The highest BCUT2D eigenvalue weighted by Gasteiger charge is 2.07. The van der Waals surface area contributed by atoms with Gasteiger partial charge in [0.15, 0.2) is 0 Å². The summed E-state index contributed by atoms with van der Waals surface area (Å²) in [5, 5.41) is 14.0. The van der Waals surface area contributed by atoms with E-state index in [1.54, 1.807) is 17.1 Å². The number of aryl methyl sites for hydroxylation is 2. The lowest BCUT2D eigenvalue weighted by atomic mass is 10.1. The number of aromatic nitrogens is 3. The number of pyridine rings is 1. The maximum atomic E-state index is 9.91. The van der Waals surface area contributed by atoms with Crippen molar-refractivity contribution in [1.82, 2.24) is 14.8 Å². The molecule has 2 aromatic heterocycles. The number of hydrogen-bond donors (Lipinski definition) is 1.